The number of alkyl halides is 2. The number of benzene rings is 2. The maximum Gasteiger partial charge on any atom is 0.280 e. The van der Waals surface area contributed by atoms with Gasteiger partial charge >= 0.3 is 0 Å². The van der Waals surface area contributed by atoms with Gasteiger partial charge in [0.25, 0.3) is 12.3 Å². The number of carbonyl (C=O) groups excluding carboxylic acids is 1. The van der Waals surface area contributed by atoms with Crippen molar-refractivity contribution >= 4 is 28.8 Å². The molecule has 0 fully saturated rings. The highest BCUT2D eigenvalue weighted by molar-refractivity contribution is 6.31. The Morgan fingerprint density at radius 1 is 1.13 bits per heavy atom. The monoisotopic (exact) mass is 430 g/mol. The van der Waals surface area contributed by atoms with Crippen LogP contribution in [0.25, 0.3) is 16.9 Å². The SMILES string of the molecule is Cc1ccc(Cl)cc1NC(=O)c1cnn2c(C(F)F)cc(-c3ccc(F)cc3)nc12. The zero-order chi connectivity index (χ0) is 21.4. The van der Waals surface area contributed by atoms with Gasteiger partial charge in [0.1, 0.15) is 17.1 Å². The molecule has 0 aliphatic rings. The Morgan fingerprint density at radius 3 is 2.57 bits per heavy atom. The van der Waals surface area contributed by atoms with Gasteiger partial charge in [-0.2, -0.15) is 5.10 Å². The standard InChI is InChI=1S/C21H14ClF3N4O/c1-11-2-5-13(22)8-16(11)28-21(30)15-10-26-29-18(19(24)25)9-17(27-20(15)29)12-3-6-14(23)7-4-12/h2-10,19H,1H3,(H,28,30). The minimum atomic E-state index is -2.86. The zero-order valence-electron chi connectivity index (χ0n) is 15.5. The molecule has 0 atom stereocenters. The van der Waals surface area contributed by atoms with Crippen LogP contribution in [-0.2, 0) is 0 Å². The molecule has 4 rings (SSSR count). The number of aryl methyl sites for hydroxylation is 1. The van der Waals surface area contributed by atoms with Crippen LogP contribution in [0.3, 0.4) is 0 Å². The third-order valence-electron chi connectivity index (χ3n) is 4.56. The van der Waals surface area contributed by atoms with E-state index in [2.05, 4.69) is 15.4 Å². The van der Waals surface area contributed by atoms with Gasteiger partial charge in [-0.3, -0.25) is 4.79 Å². The molecule has 0 radical (unpaired) electrons. The van der Waals surface area contributed by atoms with Crippen molar-refractivity contribution in [3.8, 4) is 11.3 Å². The van der Waals surface area contributed by atoms with E-state index in [1.807, 2.05) is 0 Å². The highest BCUT2D eigenvalue weighted by atomic mass is 35.5. The van der Waals surface area contributed by atoms with Gasteiger partial charge in [-0.1, -0.05) is 17.7 Å². The van der Waals surface area contributed by atoms with Crippen LogP contribution in [0.1, 0.15) is 28.0 Å². The number of halogens is 4. The molecule has 0 saturated heterocycles. The zero-order valence-corrected chi connectivity index (χ0v) is 16.3. The lowest BCUT2D eigenvalue weighted by Gasteiger charge is -2.10. The molecule has 1 amide bonds. The summed E-state index contributed by atoms with van der Waals surface area (Å²) < 4.78 is 41.5. The van der Waals surface area contributed by atoms with Crippen LogP contribution in [0.4, 0.5) is 18.9 Å². The van der Waals surface area contributed by atoms with E-state index in [-0.39, 0.29) is 16.9 Å². The van der Waals surface area contributed by atoms with Crippen molar-refractivity contribution < 1.29 is 18.0 Å². The summed E-state index contributed by atoms with van der Waals surface area (Å²) in [5.41, 5.74) is 1.40. The molecule has 2 heterocycles. The van der Waals surface area contributed by atoms with Gasteiger partial charge in [0, 0.05) is 16.3 Å². The summed E-state index contributed by atoms with van der Waals surface area (Å²) in [5.74, 6) is -1.03. The number of anilines is 1. The van der Waals surface area contributed by atoms with Crippen LogP contribution >= 0.6 is 11.6 Å². The Morgan fingerprint density at radius 2 is 1.87 bits per heavy atom. The predicted molar refractivity (Wildman–Crippen MR) is 107 cm³/mol. The van der Waals surface area contributed by atoms with Crippen LogP contribution in [0.5, 0.6) is 0 Å². The largest absolute Gasteiger partial charge is 0.322 e. The number of hydrogen-bond donors (Lipinski definition) is 1. The smallest absolute Gasteiger partial charge is 0.280 e. The quantitative estimate of drug-likeness (QED) is 0.452. The second kappa shape index (κ2) is 7.79. The first-order chi connectivity index (χ1) is 14.3. The van der Waals surface area contributed by atoms with Gasteiger partial charge in [0.05, 0.1) is 11.9 Å². The van der Waals surface area contributed by atoms with Crippen LogP contribution in [0, 0.1) is 12.7 Å². The topological polar surface area (TPSA) is 59.3 Å². The van der Waals surface area contributed by atoms with E-state index < -0.39 is 23.8 Å². The summed E-state index contributed by atoms with van der Waals surface area (Å²) >= 11 is 5.99. The fourth-order valence-corrected chi connectivity index (χ4v) is 3.16. The van der Waals surface area contributed by atoms with Crippen molar-refractivity contribution in [3.63, 3.8) is 0 Å². The summed E-state index contributed by atoms with van der Waals surface area (Å²) in [6, 6.07) is 11.4. The van der Waals surface area contributed by atoms with E-state index in [4.69, 9.17) is 11.6 Å². The molecule has 5 nitrogen and oxygen atoms in total. The maximum absolute atomic E-state index is 13.6. The summed E-state index contributed by atoms with van der Waals surface area (Å²) in [6.07, 6.45) is -1.68. The van der Waals surface area contributed by atoms with E-state index >= 15 is 0 Å². The average molecular weight is 431 g/mol. The Bertz CT molecular complexity index is 1260. The molecule has 0 spiro atoms. The molecule has 0 bridgehead atoms. The number of hydrogen-bond acceptors (Lipinski definition) is 3. The number of rotatable bonds is 4. The molecule has 2 aromatic carbocycles. The van der Waals surface area contributed by atoms with E-state index in [1.54, 1.807) is 25.1 Å². The third-order valence-corrected chi connectivity index (χ3v) is 4.79. The second-order valence-corrected chi connectivity index (χ2v) is 7.02. The van der Waals surface area contributed by atoms with Crippen molar-refractivity contribution in [1.29, 1.82) is 0 Å². The van der Waals surface area contributed by atoms with Crippen molar-refractivity contribution in [1.82, 2.24) is 14.6 Å². The highest BCUT2D eigenvalue weighted by Crippen LogP contribution is 2.28. The molecule has 30 heavy (non-hydrogen) atoms. The van der Waals surface area contributed by atoms with E-state index in [0.717, 1.165) is 10.1 Å². The Balaban J connectivity index is 1.81. The van der Waals surface area contributed by atoms with Crippen LogP contribution in [0.2, 0.25) is 5.02 Å². The minimum absolute atomic E-state index is 0.0141. The molecule has 9 heteroatoms. The van der Waals surface area contributed by atoms with Crippen molar-refractivity contribution in [2.24, 2.45) is 0 Å². The van der Waals surface area contributed by atoms with Gasteiger partial charge in [-0.05, 0) is 55.0 Å². The fraction of sp³-hybridized carbons (Fsp3) is 0.0952. The first-order valence-corrected chi connectivity index (χ1v) is 9.21. The lowest BCUT2D eigenvalue weighted by Crippen LogP contribution is -2.13. The van der Waals surface area contributed by atoms with Crippen molar-refractivity contribution in [2.75, 3.05) is 5.32 Å². The van der Waals surface area contributed by atoms with Crippen LogP contribution in [-0.4, -0.2) is 20.5 Å². The summed E-state index contributed by atoms with van der Waals surface area (Å²) in [4.78, 5) is 17.2. The average Bonchev–Trinajstić information content (AvgIpc) is 3.14. The Labute approximate surface area is 174 Å². The summed E-state index contributed by atoms with van der Waals surface area (Å²) in [5, 5.41) is 7.06. The number of nitrogens with one attached hydrogen (secondary N) is 1. The van der Waals surface area contributed by atoms with Crippen LogP contribution in [0.15, 0.2) is 54.7 Å². The number of carbonyl (C=O) groups is 1. The van der Waals surface area contributed by atoms with E-state index in [9.17, 15) is 18.0 Å². The van der Waals surface area contributed by atoms with E-state index in [0.29, 0.717) is 16.3 Å². The second-order valence-electron chi connectivity index (χ2n) is 6.58. The minimum Gasteiger partial charge on any atom is -0.322 e. The maximum atomic E-state index is 13.6. The normalized spacial score (nSPS) is 11.3. The molecular weight excluding hydrogens is 417 g/mol. The Kier molecular flexibility index (Phi) is 5.17. The van der Waals surface area contributed by atoms with Gasteiger partial charge in [-0.25, -0.2) is 22.7 Å². The van der Waals surface area contributed by atoms with E-state index in [1.165, 1.54) is 36.5 Å². The number of nitrogens with zero attached hydrogens (tertiary/aromatic N) is 3. The molecule has 0 aliphatic carbocycles. The van der Waals surface area contributed by atoms with Crippen molar-refractivity contribution in [2.45, 2.75) is 13.3 Å². The molecule has 152 valence electrons. The molecular formula is C21H14ClF3N4O. The molecule has 1 N–H and O–H groups in total. The highest BCUT2D eigenvalue weighted by Gasteiger charge is 2.22. The molecule has 4 aromatic rings. The van der Waals surface area contributed by atoms with Gasteiger partial charge in [0.2, 0.25) is 0 Å². The molecule has 0 saturated carbocycles. The first kappa shape index (κ1) is 19.9. The fourth-order valence-electron chi connectivity index (χ4n) is 2.99. The lowest BCUT2D eigenvalue weighted by molar-refractivity contribution is 0.102. The lowest BCUT2D eigenvalue weighted by atomic mass is 10.1. The van der Waals surface area contributed by atoms with Crippen LogP contribution < -0.4 is 5.32 Å². The molecule has 0 unspecified atom stereocenters. The van der Waals surface area contributed by atoms with Gasteiger partial charge < -0.3 is 5.32 Å². The number of amides is 1. The third kappa shape index (κ3) is 3.73. The summed E-state index contributed by atoms with van der Waals surface area (Å²) in [7, 11) is 0. The van der Waals surface area contributed by atoms with Gasteiger partial charge in [0.15, 0.2) is 5.65 Å². The number of fused-ring (bicyclic) bond motifs is 1. The molecule has 2 aromatic heterocycles. The predicted octanol–water partition coefficient (Wildman–Crippen LogP) is 5.69. The van der Waals surface area contributed by atoms with Gasteiger partial charge in [-0.15, -0.1) is 0 Å². The van der Waals surface area contributed by atoms with Crippen molar-refractivity contribution in [3.05, 3.63) is 82.4 Å². The summed E-state index contributed by atoms with van der Waals surface area (Å²) in [6.45, 7) is 1.79. The first-order valence-electron chi connectivity index (χ1n) is 8.84. The molecule has 0 aliphatic heterocycles. The Hall–Kier alpha value is -3.39. The number of aromatic nitrogens is 3.